The number of carbonyl (C=O) groups excluding carboxylic acids is 1. The number of hydrogen-bond acceptors (Lipinski definition) is 6. The highest BCUT2D eigenvalue weighted by atomic mass is 19.3. The Bertz CT molecular complexity index is 1140. The number of ether oxygens (including phenoxy) is 1. The lowest BCUT2D eigenvalue weighted by Gasteiger charge is -2.19. The van der Waals surface area contributed by atoms with E-state index in [2.05, 4.69) is 5.32 Å². The second-order valence-electron chi connectivity index (χ2n) is 8.28. The Balaban J connectivity index is 0.00000153. The van der Waals surface area contributed by atoms with Gasteiger partial charge in [0.1, 0.15) is 11.5 Å². The zero-order chi connectivity index (χ0) is 27.4. The van der Waals surface area contributed by atoms with Gasteiger partial charge >= 0.3 is 5.92 Å². The largest absolute Gasteiger partial charge is 0.507 e. The van der Waals surface area contributed by atoms with E-state index >= 15 is 0 Å². The fourth-order valence-corrected chi connectivity index (χ4v) is 3.48. The molecule has 2 atom stereocenters. The van der Waals surface area contributed by atoms with Gasteiger partial charge in [-0.2, -0.15) is 8.78 Å². The van der Waals surface area contributed by atoms with Gasteiger partial charge in [0.25, 0.3) is 12.4 Å². The summed E-state index contributed by atoms with van der Waals surface area (Å²) in [5, 5.41) is 30.2. The summed E-state index contributed by atoms with van der Waals surface area (Å²) in [6.45, 7) is 1.17. The van der Waals surface area contributed by atoms with Crippen molar-refractivity contribution in [3.63, 3.8) is 0 Å². The molecule has 0 heterocycles. The van der Waals surface area contributed by atoms with Gasteiger partial charge in [-0.05, 0) is 48.7 Å². The van der Waals surface area contributed by atoms with Crippen LogP contribution in [-0.2, 0) is 17.1 Å². The summed E-state index contributed by atoms with van der Waals surface area (Å²) in [5.74, 6) is -3.74. The van der Waals surface area contributed by atoms with Gasteiger partial charge in [-0.25, -0.2) is 0 Å². The van der Waals surface area contributed by atoms with Crippen LogP contribution >= 0.6 is 0 Å². The average molecular weight is 517 g/mol. The van der Waals surface area contributed by atoms with Gasteiger partial charge in [-0.1, -0.05) is 48.5 Å². The van der Waals surface area contributed by atoms with Gasteiger partial charge in [-0.15, -0.1) is 0 Å². The molecule has 1 amide bonds. The van der Waals surface area contributed by atoms with Crippen molar-refractivity contribution >= 4 is 12.4 Å². The molecule has 0 aliphatic rings. The number of phenols is 1. The van der Waals surface area contributed by atoms with Crippen molar-refractivity contribution < 1.29 is 38.4 Å². The van der Waals surface area contributed by atoms with Crippen LogP contribution in [0.3, 0.4) is 0 Å². The molecule has 3 aromatic rings. The molecule has 0 bridgehead atoms. The van der Waals surface area contributed by atoms with Crippen molar-refractivity contribution in [3.8, 4) is 11.5 Å². The topological polar surface area (TPSA) is 142 Å². The maximum atomic E-state index is 14.3. The number of nitrogens with two attached hydrogens (primary N) is 1. The van der Waals surface area contributed by atoms with Crippen LogP contribution in [-0.4, -0.2) is 46.9 Å². The molecule has 0 aliphatic heterocycles. The Hall–Kier alpha value is -4.02. The summed E-state index contributed by atoms with van der Waals surface area (Å²) in [5.41, 5.74) is 6.52. The maximum absolute atomic E-state index is 14.3. The summed E-state index contributed by atoms with van der Waals surface area (Å²) < 4.78 is 33.8. The van der Waals surface area contributed by atoms with E-state index in [-0.39, 0.29) is 35.9 Å². The molecule has 198 valence electrons. The highest BCUT2D eigenvalue weighted by Crippen LogP contribution is 2.29. The van der Waals surface area contributed by atoms with Crippen LogP contribution in [0.5, 0.6) is 11.5 Å². The second-order valence-corrected chi connectivity index (χ2v) is 8.28. The van der Waals surface area contributed by atoms with Crippen LogP contribution < -0.4 is 15.8 Å². The highest BCUT2D eigenvalue weighted by Gasteiger charge is 2.32. The highest BCUT2D eigenvalue weighted by molar-refractivity contribution is 5.95. The van der Waals surface area contributed by atoms with E-state index in [1.54, 1.807) is 30.3 Å². The van der Waals surface area contributed by atoms with Crippen molar-refractivity contribution in [1.82, 2.24) is 5.32 Å². The van der Waals surface area contributed by atoms with Crippen molar-refractivity contribution in [2.45, 2.75) is 31.4 Å². The minimum atomic E-state index is -3.09. The first-order valence-electron chi connectivity index (χ1n) is 11.3. The minimum absolute atomic E-state index is 0.00319. The molecule has 8 nitrogen and oxygen atoms in total. The number of aromatic hydroxyl groups is 1. The molecule has 0 aromatic heterocycles. The molecule has 0 fully saturated rings. The Labute approximate surface area is 213 Å². The third-order valence-corrected chi connectivity index (χ3v) is 5.41. The molecule has 3 rings (SSSR count). The third-order valence-electron chi connectivity index (χ3n) is 5.41. The van der Waals surface area contributed by atoms with Gasteiger partial charge in [0.2, 0.25) is 0 Å². The number of amides is 1. The zero-order valence-electron chi connectivity index (χ0n) is 20.2. The summed E-state index contributed by atoms with van der Waals surface area (Å²) in [6.07, 6.45) is -0.266. The molecule has 0 radical (unpaired) electrons. The SMILES string of the molecule is CC(Cc1ccc(OCC(F)(F)c2ccccc2)cc1)NC[C@@H](O)c1ccc(O)c(C(N)=O)c1.O=CO. The number of halogens is 2. The number of rotatable bonds is 11. The van der Waals surface area contributed by atoms with Gasteiger partial charge < -0.3 is 31.1 Å². The lowest BCUT2D eigenvalue weighted by Crippen LogP contribution is -2.32. The molecule has 10 heteroatoms. The molecule has 37 heavy (non-hydrogen) atoms. The van der Waals surface area contributed by atoms with Crippen molar-refractivity contribution in [2.24, 2.45) is 5.73 Å². The number of benzene rings is 3. The van der Waals surface area contributed by atoms with Gasteiger partial charge in [0.05, 0.1) is 11.7 Å². The van der Waals surface area contributed by atoms with E-state index in [1.807, 2.05) is 19.1 Å². The number of nitrogens with one attached hydrogen (secondary N) is 1. The number of hydrogen-bond donors (Lipinski definition) is 5. The summed E-state index contributed by atoms with van der Waals surface area (Å²) in [7, 11) is 0. The number of primary amides is 1. The van der Waals surface area contributed by atoms with E-state index < -0.39 is 24.5 Å². The summed E-state index contributed by atoms with van der Waals surface area (Å²) >= 11 is 0. The Morgan fingerprint density at radius 2 is 1.73 bits per heavy atom. The van der Waals surface area contributed by atoms with E-state index in [0.29, 0.717) is 17.7 Å². The fraction of sp³-hybridized carbons (Fsp3) is 0.259. The minimum Gasteiger partial charge on any atom is -0.507 e. The maximum Gasteiger partial charge on any atom is 0.306 e. The number of carbonyl (C=O) groups is 2. The van der Waals surface area contributed by atoms with E-state index in [4.69, 9.17) is 20.4 Å². The lowest BCUT2D eigenvalue weighted by molar-refractivity contribution is -0.122. The van der Waals surface area contributed by atoms with Crippen LogP contribution in [0.1, 0.15) is 40.1 Å². The number of alkyl halides is 2. The molecule has 1 unspecified atom stereocenters. The van der Waals surface area contributed by atoms with Gasteiger partial charge in [0.15, 0.2) is 6.61 Å². The Kier molecular flexibility index (Phi) is 11.0. The molecule has 0 spiro atoms. The van der Waals surface area contributed by atoms with E-state index in [9.17, 15) is 23.8 Å². The van der Waals surface area contributed by atoms with Gasteiger partial charge in [0, 0.05) is 18.2 Å². The molecule has 0 saturated heterocycles. The molecular formula is C27H30F2N2O6. The first-order chi connectivity index (χ1) is 17.6. The normalized spacial score (nSPS) is 12.5. The number of aliphatic hydroxyl groups excluding tert-OH is 1. The summed E-state index contributed by atoms with van der Waals surface area (Å²) in [4.78, 5) is 19.7. The fourth-order valence-electron chi connectivity index (χ4n) is 3.48. The molecule has 3 aromatic carbocycles. The summed E-state index contributed by atoms with van der Waals surface area (Å²) in [6, 6.07) is 18.7. The smallest absolute Gasteiger partial charge is 0.306 e. The first-order valence-corrected chi connectivity index (χ1v) is 11.3. The Morgan fingerprint density at radius 3 is 2.32 bits per heavy atom. The van der Waals surface area contributed by atoms with E-state index in [0.717, 1.165) is 5.56 Å². The van der Waals surface area contributed by atoms with Crippen LogP contribution in [0.2, 0.25) is 0 Å². The van der Waals surface area contributed by atoms with Crippen molar-refractivity contribution in [2.75, 3.05) is 13.2 Å². The first kappa shape index (κ1) is 29.2. The lowest BCUT2D eigenvalue weighted by atomic mass is 10.0. The van der Waals surface area contributed by atoms with Gasteiger partial charge in [-0.3, -0.25) is 9.59 Å². The number of carboxylic acid groups (broad SMARTS) is 1. The van der Waals surface area contributed by atoms with E-state index in [1.165, 1.54) is 30.3 Å². The molecule has 6 N–H and O–H groups in total. The average Bonchev–Trinajstić information content (AvgIpc) is 2.88. The standard InChI is InChI=1S/C26H28F2N2O4.CH2O2/c1-17(30-15-24(32)19-9-12-23(31)22(14-19)25(29)33)13-18-7-10-21(11-8-18)34-16-26(27,28)20-5-3-2-4-6-20;2-1-3/h2-12,14,17,24,30-32H,13,15-16H2,1H3,(H2,29,33);1H,(H,2,3)/t17?,24-;/m1./s1. The zero-order valence-corrected chi connectivity index (χ0v) is 20.2. The monoisotopic (exact) mass is 516 g/mol. The molecular weight excluding hydrogens is 486 g/mol. The number of aliphatic hydroxyl groups is 1. The molecule has 0 aliphatic carbocycles. The quantitative estimate of drug-likeness (QED) is 0.245. The predicted octanol–water partition coefficient (Wildman–Crippen LogP) is 3.62. The van der Waals surface area contributed by atoms with Crippen molar-refractivity contribution in [3.05, 3.63) is 95.1 Å². The van der Waals surface area contributed by atoms with Crippen LogP contribution in [0.15, 0.2) is 72.8 Å². The second kappa shape index (κ2) is 13.9. The molecule has 0 saturated carbocycles. The Morgan fingerprint density at radius 1 is 1.11 bits per heavy atom. The third kappa shape index (κ3) is 9.17. The van der Waals surface area contributed by atoms with Crippen molar-refractivity contribution in [1.29, 1.82) is 0 Å². The predicted molar refractivity (Wildman–Crippen MR) is 134 cm³/mol. The van der Waals surface area contributed by atoms with Crippen LogP contribution in [0.25, 0.3) is 0 Å². The van der Waals surface area contributed by atoms with Crippen LogP contribution in [0.4, 0.5) is 8.78 Å². The van der Waals surface area contributed by atoms with Crippen LogP contribution in [0, 0.1) is 0 Å².